The van der Waals surface area contributed by atoms with Crippen LogP contribution in [0, 0.1) is 18.3 Å². The average molecular weight is 362 g/mol. The molecule has 0 saturated carbocycles. The van der Waals surface area contributed by atoms with Crippen molar-refractivity contribution in [2.45, 2.75) is 12.8 Å². The van der Waals surface area contributed by atoms with Gasteiger partial charge in [0.25, 0.3) is 0 Å². The second-order valence-electron chi connectivity index (χ2n) is 6.28. The summed E-state index contributed by atoms with van der Waals surface area (Å²) in [4.78, 5) is 11.7. The molecule has 0 saturated heterocycles. The van der Waals surface area contributed by atoms with Gasteiger partial charge in [-0.05, 0) is 30.2 Å². The summed E-state index contributed by atoms with van der Waals surface area (Å²) in [6.07, 6.45) is 0. The lowest BCUT2D eigenvalue weighted by Gasteiger charge is -2.28. The van der Waals surface area contributed by atoms with Crippen molar-refractivity contribution >= 4 is 11.0 Å². The van der Waals surface area contributed by atoms with Gasteiger partial charge in [-0.15, -0.1) is 0 Å². The first-order valence-electron chi connectivity index (χ1n) is 8.07. The van der Waals surface area contributed by atoms with Gasteiger partial charge < -0.3 is 25.1 Å². The summed E-state index contributed by atoms with van der Waals surface area (Å²) in [5.74, 6) is -0.841. The maximum atomic E-state index is 11.7. The number of fused-ring (bicyclic) bond motifs is 3. The smallest absolute Gasteiger partial charge is 0.336 e. The predicted octanol–water partition coefficient (Wildman–Crippen LogP) is 2.73. The fourth-order valence-corrected chi connectivity index (χ4v) is 3.47. The first-order valence-corrected chi connectivity index (χ1v) is 8.07. The number of nitrogens with zero attached hydrogens (tertiary/aromatic N) is 1. The highest BCUT2D eigenvalue weighted by atomic mass is 16.5. The van der Waals surface area contributed by atoms with Crippen molar-refractivity contribution in [3.63, 3.8) is 0 Å². The van der Waals surface area contributed by atoms with Crippen LogP contribution in [0.2, 0.25) is 0 Å². The third kappa shape index (κ3) is 2.47. The molecule has 1 aromatic heterocycles. The Kier molecular flexibility index (Phi) is 3.56. The van der Waals surface area contributed by atoms with Crippen LogP contribution in [0.1, 0.15) is 22.6 Å². The van der Waals surface area contributed by atoms with Crippen LogP contribution in [0.15, 0.2) is 57.1 Å². The number of aromatic hydroxyl groups is 2. The van der Waals surface area contributed by atoms with E-state index in [0.717, 1.165) is 0 Å². The Morgan fingerprint density at radius 2 is 2.00 bits per heavy atom. The number of phenols is 2. The molecule has 0 bridgehead atoms. The molecule has 7 heteroatoms. The van der Waals surface area contributed by atoms with E-state index in [9.17, 15) is 20.3 Å². The molecular weight excluding hydrogens is 348 g/mol. The van der Waals surface area contributed by atoms with Crippen LogP contribution in [0.25, 0.3) is 11.0 Å². The van der Waals surface area contributed by atoms with E-state index in [1.165, 1.54) is 24.3 Å². The minimum atomic E-state index is -0.749. The lowest BCUT2D eigenvalue weighted by molar-refractivity contribution is 0.385. The molecule has 1 aliphatic rings. The van der Waals surface area contributed by atoms with E-state index in [1.807, 2.05) is 6.07 Å². The monoisotopic (exact) mass is 362 g/mol. The maximum Gasteiger partial charge on any atom is 0.336 e. The fraction of sp³-hybridized carbons (Fsp3) is 0.100. The van der Waals surface area contributed by atoms with E-state index in [-0.39, 0.29) is 34.3 Å². The second-order valence-corrected chi connectivity index (χ2v) is 6.28. The number of hydrogen-bond donors (Lipinski definition) is 3. The molecule has 27 heavy (non-hydrogen) atoms. The number of hydrogen-bond acceptors (Lipinski definition) is 7. The second kappa shape index (κ2) is 5.81. The van der Waals surface area contributed by atoms with E-state index in [4.69, 9.17) is 14.9 Å². The van der Waals surface area contributed by atoms with Crippen LogP contribution >= 0.6 is 0 Å². The molecule has 0 fully saturated rings. The third-order valence-corrected chi connectivity index (χ3v) is 4.58. The molecule has 4 N–H and O–H groups in total. The number of allylic oxidation sites excluding steroid dienone is 1. The molecule has 7 nitrogen and oxygen atoms in total. The number of ether oxygens (including phenoxy) is 1. The van der Waals surface area contributed by atoms with Crippen molar-refractivity contribution < 1.29 is 19.4 Å². The summed E-state index contributed by atoms with van der Waals surface area (Å²) in [7, 11) is 0. The van der Waals surface area contributed by atoms with E-state index >= 15 is 0 Å². The van der Waals surface area contributed by atoms with Crippen LogP contribution < -0.4 is 16.1 Å². The molecule has 134 valence electrons. The summed E-state index contributed by atoms with van der Waals surface area (Å²) in [6, 6.07) is 11.0. The van der Waals surface area contributed by atoms with Gasteiger partial charge in [-0.3, -0.25) is 0 Å². The van der Waals surface area contributed by atoms with Crippen LogP contribution in [0.5, 0.6) is 17.2 Å². The lowest BCUT2D eigenvalue weighted by atomic mass is 9.82. The van der Waals surface area contributed by atoms with Crippen LogP contribution in [-0.4, -0.2) is 10.2 Å². The number of rotatable bonds is 1. The molecule has 4 rings (SSSR count). The first kappa shape index (κ1) is 16.5. The summed E-state index contributed by atoms with van der Waals surface area (Å²) in [6.45, 7) is 1.71. The Bertz CT molecular complexity index is 1230. The van der Waals surface area contributed by atoms with Gasteiger partial charge in [-0.25, -0.2) is 4.79 Å². The highest BCUT2D eigenvalue weighted by Gasteiger charge is 2.35. The van der Waals surface area contributed by atoms with Gasteiger partial charge >= 0.3 is 5.63 Å². The molecule has 1 atom stereocenters. The van der Waals surface area contributed by atoms with Gasteiger partial charge in [0.2, 0.25) is 5.88 Å². The highest BCUT2D eigenvalue weighted by Crippen LogP contribution is 2.50. The molecule has 1 aliphatic heterocycles. The van der Waals surface area contributed by atoms with Crippen LogP contribution in [0.4, 0.5) is 0 Å². The number of aryl methyl sites for hydroxylation is 1. The van der Waals surface area contributed by atoms with Crippen molar-refractivity contribution in [3.8, 4) is 23.3 Å². The lowest BCUT2D eigenvalue weighted by Crippen LogP contribution is -2.21. The van der Waals surface area contributed by atoms with E-state index in [1.54, 1.807) is 19.1 Å². The quantitative estimate of drug-likeness (QED) is 0.567. The largest absolute Gasteiger partial charge is 0.508 e. The summed E-state index contributed by atoms with van der Waals surface area (Å²) in [5, 5.41) is 30.6. The molecule has 0 unspecified atom stereocenters. The Morgan fingerprint density at radius 1 is 1.22 bits per heavy atom. The fourth-order valence-electron chi connectivity index (χ4n) is 3.47. The first-order chi connectivity index (χ1) is 12.9. The third-order valence-electron chi connectivity index (χ3n) is 4.58. The molecule has 0 aliphatic carbocycles. The van der Waals surface area contributed by atoms with Gasteiger partial charge in [-0.1, -0.05) is 12.1 Å². The molecule has 2 heterocycles. The predicted molar refractivity (Wildman–Crippen MR) is 96.3 cm³/mol. The van der Waals surface area contributed by atoms with Crippen molar-refractivity contribution in [3.05, 3.63) is 75.0 Å². The number of benzene rings is 2. The average Bonchev–Trinajstić information content (AvgIpc) is 2.59. The number of phenolic OH excluding ortho intramolecular Hbond substituents is 2. The van der Waals surface area contributed by atoms with Gasteiger partial charge in [0.15, 0.2) is 0 Å². The Morgan fingerprint density at radius 3 is 2.70 bits per heavy atom. The van der Waals surface area contributed by atoms with Gasteiger partial charge in [0, 0.05) is 12.1 Å². The SMILES string of the molecule is Cc1cc(=O)oc2cc(O)c3c(c12)OC(N)=C(C#N)[C@@H]3c1cccc(O)c1. The number of nitriles is 1. The number of nitrogens with two attached hydrogens (primary N) is 1. The standard InChI is InChI=1S/C20H14N2O5/c1-9-5-15(25)26-14-7-13(24)18-17(10-3-2-4-11(23)6-10)12(8-21)20(22)27-19(18)16(9)14/h2-7,17,23-24H,22H2,1H3/t17-/m0/s1. The summed E-state index contributed by atoms with van der Waals surface area (Å²) < 4.78 is 10.9. The Balaban J connectivity index is 2.12. The molecule has 3 aromatic rings. The Labute approximate surface area is 153 Å². The zero-order valence-electron chi connectivity index (χ0n) is 14.2. The molecular formula is C20H14N2O5. The summed E-state index contributed by atoms with van der Waals surface area (Å²) in [5.41, 5.74) is 7.15. The van der Waals surface area contributed by atoms with Crippen molar-refractivity contribution in [2.24, 2.45) is 5.73 Å². The summed E-state index contributed by atoms with van der Waals surface area (Å²) >= 11 is 0. The van der Waals surface area contributed by atoms with Crippen molar-refractivity contribution in [2.75, 3.05) is 0 Å². The van der Waals surface area contributed by atoms with E-state index in [0.29, 0.717) is 22.1 Å². The highest BCUT2D eigenvalue weighted by molar-refractivity contribution is 5.91. The van der Waals surface area contributed by atoms with Crippen molar-refractivity contribution in [1.29, 1.82) is 5.26 Å². The van der Waals surface area contributed by atoms with Gasteiger partial charge in [-0.2, -0.15) is 5.26 Å². The van der Waals surface area contributed by atoms with Gasteiger partial charge in [0.1, 0.15) is 34.5 Å². The van der Waals surface area contributed by atoms with Crippen LogP contribution in [0.3, 0.4) is 0 Å². The van der Waals surface area contributed by atoms with Crippen molar-refractivity contribution in [1.82, 2.24) is 0 Å². The molecule has 2 aromatic carbocycles. The maximum absolute atomic E-state index is 11.7. The zero-order valence-corrected chi connectivity index (χ0v) is 14.2. The Hall–Kier alpha value is -3.92. The van der Waals surface area contributed by atoms with Gasteiger partial charge in [0.05, 0.1) is 16.9 Å². The topological polar surface area (TPSA) is 130 Å². The minimum Gasteiger partial charge on any atom is -0.508 e. The minimum absolute atomic E-state index is 0.0128. The van der Waals surface area contributed by atoms with E-state index in [2.05, 4.69) is 0 Å². The molecule has 0 spiro atoms. The molecule has 0 amide bonds. The zero-order chi connectivity index (χ0) is 19.3. The van der Waals surface area contributed by atoms with E-state index < -0.39 is 11.5 Å². The molecule has 0 radical (unpaired) electrons. The normalized spacial score (nSPS) is 15.9. The van der Waals surface area contributed by atoms with Crippen LogP contribution in [-0.2, 0) is 0 Å².